The minimum Gasteiger partial charge on any atom is -0.489 e. The van der Waals surface area contributed by atoms with E-state index in [-0.39, 0.29) is 0 Å². The summed E-state index contributed by atoms with van der Waals surface area (Å²) in [5, 5.41) is 1.49. The van der Waals surface area contributed by atoms with Crippen LogP contribution >= 0.6 is 8.58 Å². The van der Waals surface area contributed by atoms with E-state index < -0.39 is 0 Å². The summed E-state index contributed by atoms with van der Waals surface area (Å²) in [6, 6.07) is 45.7. The van der Waals surface area contributed by atoms with Crippen molar-refractivity contribution in [2.45, 2.75) is 59.1 Å². The minimum absolute atomic E-state index is 0.396. The Kier molecular flexibility index (Phi) is 10.6. The number of aryl methyl sites for hydroxylation is 2. The second-order valence-electron chi connectivity index (χ2n) is 11.1. The molecule has 0 fully saturated rings. The van der Waals surface area contributed by atoms with Gasteiger partial charge in [-0.1, -0.05) is 142 Å². The van der Waals surface area contributed by atoms with E-state index in [1.807, 2.05) is 0 Å². The lowest BCUT2D eigenvalue weighted by molar-refractivity contribution is 0.248. The Hall–Kier alpha value is -3.71. The Labute approximate surface area is 254 Å². The molecule has 0 radical (unpaired) electrons. The molecule has 0 aliphatic carbocycles. The van der Waals surface area contributed by atoms with E-state index in [1.165, 1.54) is 44.2 Å². The molecular weight excluding hydrogens is 529 g/mol. The molecule has 0 saturated heterocycles. The molecule has 5 rings (SSSR count). The first-order valence-electron chi connectivity index (χ1n) is 15.0. The van der Waals surface area contributed by atoms with E-state index in [0.29, 0.717) is 20.8 Å². The van der Waals surface area contributed by atoms with E-state index in [4.69, 9.17) is 4.74 Å². The quantitative estimate of drug-likeness (QED) is 0.131. The highest BCUT2D eigenvalue weighted by molar-refractivity contribution is 7.47. The summed E-state index contributed by atoms with van der Waals surface area (Å²) in [6.45, 7) is 10.1. The average Bonchev–Trinajstić information content (AvgIpc) is 3.02. The molecular formula is C39H42NOP. The van der Waals surface area contributed by atoms with Crippen molar-refractivity contribution in [2.24, 2.45) is 0 Å². The zero-order valence-corrected chi connectivity index (χ0v) is 26.1. The second kappa shape index (κ2) is 15.0. The van der Waals surface area contributed by atoms with Gasteiger partial charge in [-0.15, -0.1) is 0 Å². The summed E-state index contributed by atoms with van der Waals surface area (Å²) in [4.78, 5) is 2.58. The van der Waals surface area contributed by atoms with Gasteiger partial charge in [0.1, 0.15) is 12.4 Å². The molecule has 3 heteroatoms. The monoisotopic (exact) mass is 571 g/mol. The molecule has 0 spiro atoms. The van der Waals surface area contributed by atoms with Gasteiger partial charge in [0.25, 0.3) is 0 Å². The number of hydrogen-bond donors (Lipinski definition) is 0. The maximum absolute atomic E-state index is 6.45. The molecule has 42 heavy (non-hydrogen) atoms. The standard InChI is InChI=1S/C39H42NOP/c1-4-38(36-25-30(2)23-24-37(36)41-29-34-20-12-7-13-21-34)42-39-31(3)15-14-22-35(39)28-40(26-32-16-8-5-9-17-32)27-33-18-10-6-11-19-33/h5-25,38,42H,4,26-29H2,1-3H3. The Morgan fingerprint density at radius 2 is 1.24 bits per heavy atom. The average molecular weight is 572 g/mol. The summed E-state index contributed by atoms with van der Waals surface area (Å²) in [6.07, 6.45) is 1.06. The van der Waals surface area contributed by atoms with Gasteiger partial charge >= 0.3 is 0 Å². The molecule has 0 N–H and O–H groups in total. The fourth-order valence-corrected chi connectivity index (χ4v) is 7.13. The second-order valence-corrected chi connectivity index (χ2v) is 12.6. The van der Waals surface area contributed by atoms with Crippen molar-refractivity contribution in [1.29, 1.82) is 0 Å². The van der Waals surface area contributed by atoms with Gasteiger partial charge in [0.15, 0.2) is 0 Å². The summed E-state index contributed by atoms with van der Waals surface area (Å²) < 4.78 is 6.45. The van der Waals surface area contributed by atoms with Crippen molar-refractivity contribution in [3.05, 3.63) is 166 Å². The number of nitrogens with zero attached hydrogens (tertiary/aromatic N) is 1. The Bertz CT molecular complexity index is 1490. The van der Waals surface area contributed by atoms with Crippen LogP contribution in [-0.4, -0.2) is 4.90 Å². The van der Waals surface area contributed by atoms with Crippen LogP contribution in [0.3, 0.4) is 0 Å². The van der Waals surface area contributed by atoms with Gasteiger partial charge in [-0.05, 0) is 59.5 Å². The van der Waals surface area contributed by atoms with Crippen molar-refractivity contribution in [3.63, 3.8) is 0 Å². The minimum atomic E-state index is 0.396. The molecule has 2 nitrogen and oxygen atoms in total. The summed E-state index contributed by atoms with van der Waals surface area (Å²) >= 11 is 0. The predicted octanol–water partition coefficient (Wildman–Crippen LogP) is 9.54. The first-order valence-corrected chi connectivity index (χ1v) is 16.1. The largest absolute Gasteiger partial charge is 0.489 e. The van der Waals surface area contributed by atoms with Crippen LogP contribution in [0.5, 0.6) is 5.75 Å². The van der Waals surface area contributed by atoms with Gasteiger partial charge in [-0.25, -0.2) is 0 Å². The van der Waals surface area contributed by atoms with Crippen LogP contribution in [0.2, 0.25) is 0 Å². The number of hydrogen-bond acceptors (Lipinski definition) is 2. The van der Waals surface area contributed by atoms with Crippen LogP contribution in [0.25, 0.3) is 0 Å². The highest BCUT2D eigenvalue weighted by Crippen LogP contribution is 2.43. The summed E-state index contributed by atoms with van der Waals surface area (Å²) in [5.41, 5.74) is 9.69. The zero-order chi connectivity index (χ0) is 29.1. The van der Waals surface area contributed by atoms with Crippen molar-refractivity contribution in [2.75, 3.05) is 0 Å². The van der Waals surface area contributed by atoms with Crippen LogP contribution in [0, 0.1) is 13.8 Å². The van der Waals surface area contributed by atoms with Gasteiger partial charge in [0.05, 0.1) is 0 Å². The van der Waals surface area contributed by atoms with E-state index >= 15 is 0 Å². The van der Waals surface area contributed by atoms with Crippen molar-refractivity contribution >= 4 is 13.9 Å². The molecule has 5 aromatic carbocycles. The van der Waals surface area contributed by atoms with Crippen LogP contribution in [0.1, 0.15) is 57.9 Å². The molecule has 0 aromatic heterocycles. The molecule has 5 aromatic rings. The highest BCUT2D eigenvalue weighted by Gasteiger charge is 2.20. The maximum Gasteiger partial charge on any atom is 0.123 e. The topological polar surface area (TPSA) is 12.5 Å². The van der Waals surface area contributed by atoms with Gasteiger partial charge in [-0.3, -0.25) is 4.90 Å². The fourth-order valence-electron chi connectivity index (χ4n) is 5.54. The molecule has 2 atom stereocenters. The third kappa shape index (κ3) is 8.19. The lowest BCUT2D eigenvalue weighted by atomic mass is 10.1. The molecule has 0 heterocycles. The SMILES string of the molecule is CCC(Pc1c(C)cccc1CN(Cc1ccccc1)Cc1ccccc1)c1cc(C)ccc1OCc1ccccc1. The normalized spacial score (nSPS) is 12.2. The van der Waals surface area contributed by atoms with E-state index in [1.54, 1.807) is 0 Å². The number of benzene rings is 5. The van der Waals surface area contributed by atoms with E-state index in [9.17, 15) is 0 Å². The molecule has 0 aliphatic heterocycles. The fraction of sp³-hybridized carbons (Fsp3) is 0.231. The molecule has 0 aliphatic rings. The van der Waals surface area contributed by atoms with Gasteiger partial charge in [0, 0.05) is 30.9 Å². The summed E-state index contributed by atoms with van der Waals surface area (Å²) in [5.74, 6) is 1.01. The lowest BCUT2D eigenvalue weighted by Crippen LogP contribution is -2.25. The molecule has 2 unspecified atom stereocenters. The van der Waals surface area contributed by atoms with Crippen molar-refractivity contribution in [3.8, 4) is 5.75 Å². The van der Waals surface area contributed by atoms with Crippen molar-refractivity contribution in [1.82, 2.24) is 4.90 Å². The number of rotatable bonds is 13. The van der Waals surface area contributed by atoms with Crippen LogP contribution in [0.4, 0.5) is 0 Å². The predicted molar refractivity (Wildman–Crippen MR) is 180 cm³/mol. The van der Waals surface area contributed by atoms with E-state index in [0.717, 1.165) is 31.8 Å². The summed E-state index contributed by atoms with van der Waals surface area (Å²) in [7, 11) is 0.663. The molecule has 0 amide bonds. The first kappa shape index (κ1) is 29.8. The van der Waals surface area contributed by atoms with Gasteiger partial charge in [0.2, 0.25) is 0 Å². The smallest absolute Gasteiger partial charge is 0.123 e. The first-order chi connectivity index (χ1) is 20.6. The zero-order valence-electron chi connectivity index (χ0n) is 25.1. The number of ether oxygens (including phenoxy) is 1. The van der Waals surface area contributed by atoms with Gasteiger partial charge < -0.3 is 4.74 Å². The van der Waals surface area contributed by atoms with Gasteiger partial charge in [-0.2, -0.15) is 0 Å². The Morgan fingerprint density at radius 1 is 0.643 bits per heavy atom. The van der Waals surface area contributed by atoms with Crippen LogP contribution in [0.15, 0.2) is 127 Å². The van der Waals surface area contributed by atoms with Crippen LogP contribution < -0.4 is 10.0 Å². The van der Waals surface area contributed by atoms with E-state index in [2.05, 4.69) is 153 Å². The third-order valence-corrected chi connectivity index (χ3v) is 9.83. The Morgan fingerprint density at radius 3 is 1.83 bits per heavy atom. The lowest BCUT2D eigenvalue weighted by Gasteiger charge is -2.27. The Balaban J connectivity index is 1.41. The highest BCUT2D eigenvalue weighted by atomic mass is 31.1. The molecule has 214 valence electrons. The molecule has 0 saturated carbocycles. The maximum atomic E-state index is 6.45. The molecule has 0 bridgehead atoms. The third-order valence-electron chi connectivity index (χ3n) is 7.76. The van der Waals surface area contributed by atoms with Crippen molar-refractivity contribution < 1.29 is 4.74 Å². The van der Waals surface area contributed by atoms with Crippen LogP contribution in [-0.2, 0) is 26.2 Å².